The molecule has 21 heavy (non-hydrogen) atoms. The summed E-state index contributed by atoms with van der Waals surface area (Å²) in [4.78, 5) is 0. The summed E-state index contributed by atoms with van der Waals surface area (Å²) in [6.07, 6.45) is 2.24. The van der Waals surface area contributed by atoms with Crippen molar-refractivity contribution in [2.75, 3.05) is 0 Å². The molecule has 0 radical (unpaired) electrons. The minimum atomic E-state index is -0.616. The SMILES string of the molecule is O[C@@H]1CCCc2ccc(OCc3cc(F)cc(F)c3)cc21. The van der Waals surface area contributed by atoms with Crippen molar-refractivity contribution in [2.45, 2.75) is 32.0 Å². The van der Waals surface area contributed by atoms with E-state index in [0.717, 1.165) is 36.5 Å². The first-order chi connectivity index (χ1) is 10.1. The number of aliphatic hydroxyl groups is 1. The number of hydrogen-bond donors (Lipinski definition) is 1. The van der Waals surface area contributed by atoms with Gasteiger partial charge in [0, 0.05) is 6.07 Å². The summed E-state index contributed by atoms with van der Waals surface area (Å²) in [5, 5.41) is 9.99. The molecule has 1 atom stereocenters. The van der Waals surface area contributed by atoms with Gasteiger partial charge in [0.05, 0.1) is 6.10 Å². The summed E-state index contributed by atoms with van der Waals surface area (Å²) in [6.45, 7) is 0.0869. The topological polar surface area (TPSA) is 29.5 Å². The van der Waals surface area contributed by atoms with Gasteiger partial charge in [-0.1, -0.05) is 6.07 Å². The van der Waals surface area contributed by atoms with Gasteiger partial charge in [0.1, 0.15) is 24.0 Å². The zero-order valence-corrected chi connectivity index (χ0v) is 11.5. The Morgan fingerprint density at radius 2 is 1.86 bits per heavy atom. The monoisotopic (exact) mass is 290 g/mol. The molecule has 0 saturated carbocycles. The normalized spacial score (nSPS) is 17.4. The van der Waals surface area contributed by atoms with Gasteiger partial charge >= 0.3 is 0 Å². The summed E-state index contributed by atoms with van der Waals surface area (Å²) in [5.41, 5.74) is 2.47. The molecule has 1 aliphatic carbocycles. The summed E-state index contributed by atoms with van der Waals surface area (Å²) < 4.78 is 31.8. The number of aliphatic hydroxyl groups excluding tert-OH is 1. The second kappa shape index (κ2) is 5.82. The van der Waals surface area contributed by atoms with E-state index >= 15 is 0 Å². The number of rotatable bonds is 3. The molecule has 2 nitrogen and oxygen atoms in total. The highest BCUT2D eigenvalue weighted by Crippen LogP contribution is 2.32. The van der Waals surface area contributed by atoms with Crippen LogP contribution < -0.4 is 4.74 Å². The number of aryl methyl sites for hydroxylation is 1. The second-order valence-corrected chi connectivity index (χ2v) is 5.34. The van der Waals surface area contributed by atoms with Gasteiger partial charge in [0.15, 0.2) is 0 Å². The fraction of sp³-hybridized carbons (Fsp3) is 0.294. The van der Waals surface area contributed by atoms with E-state index in [0.29, 0.717) is 11.3 Å². The van der Waals surface area contributed by atoms with Crippen LogP contribution >= 0.6 is 0 Å². The van der Waals surface area contributed by atoms with Crippen molar-refractivity contribution in [1.82, 2.24) is 0 Å². The first kappa shape index (κ1) is 14.0. The second-order valence-electron chi connectivity index (χ2n) is 5.34. The molecule has 0 heterocycles. The van der Waals surface area contributed by atoms with E-state index in [4.69, 9.17) is 4.74 Å². The maximum Gasteiger partial charge on any atom is 0.126 e. The standard InChI is InChI=1S/C17H16F2O2/c18-13-6-11(7-14(19)8-13)10-21-15-5-4-12-2-1-3-17(20)16(12)9-15/h4-9,17,20H,1-3,10H2/t17-/m1/s1. The predicted molar refractivity (Wildman–Crippen MR) is 75.0 cm³/mol. The van der Waals surface area contributed by atoms with Crippen LogP contribution in [0.15, 0.2) is 36.4 Å². The third-order valence-corrected chi connectivity index (χ3v) is 3.73. The van der Waals surface area contributed by atoms with Gasteiger partial charge in [-0.2, -0.15) is 0 Å². The summed E-state index contributed by atoms with van der Waals surface area (Å²) >= 11 is 0. The maximum atomic E-state index is 13.1. The van der Waals surface area contributed by atoms with E-state index < -0.39 is 17.7 Å². The molecule has 0 unspecified atom stereocenters. The van der Waals surface area contributed by atoms with Crippen molar-refractivity contribution in [3.05, 3.63) is 64.7 Å². The largest absolute Gasteiger partial charge is 0.489 e. The summed E-state index contributed by atoms with van der Waals surface area (Å²) in [5.74, 6) is -0.636. The fourth-order valence-electron chi connectivity index (χ4n) is 2.70. The van der Waals surface area contributed by atoms with Crippen molar-refractivity contribution in [3.8, 4) is 5.75 Å². The molecule has 0 bridgehead atoms. The minimum Gasteiger partial charge on any atom is -0.489 e. The van der Waals surface area contributed by atoms with Crippen molar-refractivity contribution in [1.29, 1.82) is 0 Å². The fourth-order valence-corrected chi connectivity index (χ4v) is 2.70. The van der Waals surface area contributed by atoms with Crippen LogP contribution in [0.1, 0.15) is 35.6 Å². The van der Waals surface area contributed by atoms with Gasteiger partial charge in [-0.05, 0) is 60.2 Å². The molecule has 110 valence electrons. The average molecular weight is 290 g/mol. The van der Waals surface area contributed by atoms with E-state index in [1.807, 2.05) is 18.2 Å². The molecule has 0 saturated heterocycles. The Morgan fingerprint density at radius 1 is 1.10 bits per heavy atom. The van der Waals surface area contributed by atoms with Crippen molar-refractivity contribution < 1.29 is 18.6 Å². The zero-order valence-electron chi connectivity index (χ0n) is 11.5. The highest BCUT2D eigenvalue weighted by atomic mass is 19.1. The van der Waals surface area contributed by atoms with Gasteiger partial charge in [0.2, 0.25) is 0 Å². The molecule has 0 spiro atoms. The van der Waals surface area contributed by atoms with Crippen LogP contribution in [0.2, 0.25) is 0 Å². The Hall–Kier alpha value is -1.94. The van der Waals surface area contributed by atoms with Crippen LogP contribution in [0.25, 0.3) is 0 Å². The number of hydrogen-bond acceptors (Lipinski definition) is 2. The zero-order chi connectivity index (χ0) is 14.8. The van der Waals surface area contributed by atoms with Crippen molar-refractivity contribution >= 4 is 0 Å². The first-order valence-corrected chi connectivity index (χ1v) is 7.00. The lowest BCUT2D eigenvalue weighted by atomic mass is 9.89. The molecule has 2 aromatic carbocycles. The molecule has 2 aromatic rings. The Kier molecular flexibility index (Phi) is 3.88. The highest BCUT2D eigenvalue weighted by Gasteiger charge is 2.18. The molecular formula is C17H16F2O2. The van der Waals surface area contributed by atoms with Gasteiger partial charge < -0.3 is 9.84 Å². The quantitative estimate of drug-likeness (QED) is 0.928. The third-order valence-electron chi connectivity index (χ3n) is 3.73. The molecule has 3 rings (SSSR count). The minimum absolute atomic E-state index is 0.0869. The molecule has 0 aromatic heterocycles. The maximum absolute atomic E-state index is 13.1. The van der Waals surface area contributed by atoms with Crippen LogP contribution in [0.5, 0.6) is 5.75 Å². The predicted octanol–water partition coefficient (Wildman–Crippen LogP) is 3.91. The Balaban J connectivity index is 1.75. The van der Waals surface area contributed by atoms with Crippen molar-refractivity contribution in [2.24, 2.45) is 0 Å². The lowest BCUT2D eigenvalue weighted by Crippen LogP contribution is -2.09. The summed E-state index contributed by atoms with van der Waals surface area (Å²) in [7, 11) is 0. The van der Waals surface area contributed by atoms with Crippen LogP contribution in [0.3, 0.4) is 0 Å². The van der Waals surface area contributed by atoms with Gasteiger partial charge in [-0.3, -0.25) is 0 Å². The van der Waals surface area contributed by atoms with Crippen LogP contribution in [0.4, 0.5) is 8.78 Å². The third kappa shape index (κ3) is 3.22. The lowest BCUT2D eigenvalue weighted by molar-refractivity contribution is 0.156. The van der Waals surface area contributed by atoms with Crippen molar-refractivity contribution in [3.63, 3.8) is 0 Å². The number of halogens is 2. The van der Waals surface area contributed by atoms with Gasteiger partial charge in [0.25, 0.3) is 0 Å². The molecule has 1 aliphatic rings. The van der Waals surface area contributed by atoms with E-state index in [2.05, 4.69) is 0 Å². The average Bonchev–Trinajstić information content (AvgIpc) is 2.45. The van der Waals surface area contributed by atoms with Crippen LogP contribution in [0, 0.1) is 11.6 Å². The van der Waals surface area contributed by atoms with E-state index in [1.54, 1.807) is 0 Å². The van der Waals surface area contributed by atoms with E-state index in [1.165, 1.54) is 12.1 Å². The molecule has 4 heteroatoms. The Morgan fingerprint density at radius 3 is 2.62 bits per heavy atom. The number of benzene rings is 2. The number of ether oxygens (including phenoxy) is 1. The summed E-state index contributed by atoms with van der Waals surface area (Å²) in [6, 6.07) is 8.91. The lowest BCUT2D eigenvalue weighted by Gasteiger charge is -2.22. The van der Waals surface area contributed by atoms with E-state index in [-0.39, 0.29) is 6.61 Å². The molecular weight excluding hydrogens is 274 g/mol. The smallest absolute Gasteiger partial charge is 0.126 e. The van der Waals surface area contributed by atoms with Gasteiger partial charge in [-0.15, -0.1) is 0 Å². The van der Waals surface area contributed by atoms with Gasteiger partial charge in [-0.25, -0.2) is 8.78 Å². The number of fused-ring (bicyclic) bond motifs is 1. The first-order valence-electron chi connectivity index (χ1n) is 7.00. The molecule has 0 aliphatic heterocycles. The Bertz CT molecular complexity index is 635. The molecule has 1 N–H and O–H groups in total. The van der Waals surface area contributed by atoms with Crippen LogP contribution in [-0.4, -0.2) is 5.11 Å². The molecule has 0 amide bonds. The van der Waals surface area contributed by atoms with E-state index in [9.17, 15) is 13.9 Å². The molecule has 0 fully saturated rings. The van der Waals surface area contributed by atoms with Crippen LogP contribution in [-0.2, 0) is 13.0 Å². The Labute approximate surface area is 122 Å². The highest BCUT2D eigenvalue weighted by molar-refractivity contribution is 5.38.